The van der Waals surface area contributed by atoms with E-state index < -0.39 is 70.1 Å². The van der Waals surface area contributed by atoms with Crippen LogP contribution in [0.2, 0.25) is 0 Å². The highest BCUT2D eigenvalue weighted by atomic mass is 19.3. The molecule has 5 aromatic rings. The predicted molar refractivity (Wildman–Crippen MR) is 157 cm³/mol. The molecule has 0 unspecified atom stereocenters. The third kappa shape index (κ3) is 7.26. The highest BCUT2D eigenvalue weighted by molar-refractivity contribution is 5.69. The number of unbranched alkanes of at least 4 members (excludes halogenated alkanes) is 2. The molecule has 0 saturated carbocycles. The number of halogens is 9. The molecule has 0 radical (unpaired) electrons. The van der Waals surface area contributed by atoms with Gasteiger partial charge in [0.15, 0.2) is 5.82 Å². The Labute approximate surface area is 263 Å². The number of hydrogen-bond acceptors (Lipinski definition) is 3. The molecule has 3 nitrogen and oxygen atoms in total. The number of aromatic nitrogens is 2. The van der Waals surface area contributed by atoms with Crippen molar-refractivity contribution in [3.05, 3.63) is 125 Å². The van der Waals surface area contributed by atoms with E-state index in [9.17, 15) is 17.6 Å². The van der Waals surface area contributed by atoms with Crippen LogP contribution in [0.15, 0.2) is 73.1 Å². The van der Waals surface area contributed by atoms with E-state index in [1.54, 1.807) is 12.4 Å². The molecule has 0 bridgehead atoms. The van der Waals surface area contributed by atoms with Gasteiger partial charge in [-0.1, -0.05) is 31.9 Å². The van der Waals surface area contributed by atoms with Gasteiger partial charge in [0.1, 0.15) is 52.9 Å². The summed E-state index contributed by atoms with van der Waals surface area (Å²) in [5.74, 6) is -8.95. The Morgan fingerprint density at radius 2 is 1.17 bits per heavy atom. The lowest BCUT2D eigenvalue weighted by atomic mass is 10.00. The van der Waals surface area contributed by atoms with Gasteiger partial charge in [-0.3, -0.25) is 0 Å². The van der Waals surface area contributed by atoms with E-state index in [0.29, 0.717) is 30.3 Å². The fourth-order valence-electron chi connectivity index (χ4n) is 4.99. The second-order valence-electron chi connectivity index (χ2n) is 10.7. The summed E-state index contributed by atoms with van der Waals surface area (Å²) >= 11 is 0. The summed E-state index contributed by atoms with van der Waals surface area (Å²) in [5.41, 5.74) is -2.95. The van der Waals surface area contributed by atoms with Crippen LogP contribution in [-0.2, 0) is 19.2 Å². The van der Waals surface area contributed by atoms with Crippen LogP contribution in [0.5, 0.6) is 5.75 Å². The van der Waals surface area contributed by atoms with Gasteiger partial charge in [-0.2, -0.15) is 8.78 Å². The van der Waals surface area contributed by atoms with E-state index in [0.717, 1.165) is 49.4 Å². The summed E-state index contributed by atoms with van der Waals surface area (Å²) in [6.45, 7) is 0.642. The van der Waals surface area contributed by atoms with Crippen molar-refractivity contribution in [2.24, 2.45) is 0 Å². The minimum absolute atomic E-state index is 0.220. The molecule has 1 heterocycles. The Morgan fingerprint density at radius 3 is 1.70 bits per heavy atom. The Kier molecular flexibility index (Phi) is 9.88. The fraction of sp³-hybridized carbons (Fsp3) is 0.200. The fourth-order valence-corrected chi connectivity index (χ4v) is 4.99. The monoisotopic (exact) mass is 660 g/mol. The number of nitrogens with zero attached hydrogens (tertiary/aromatic N) is 2. The van der Waals surface area contributed by atoms with E-state index >= 15 is 22.0 Å². The number of aryl methyl sites for hydroxylation is 1. The minimum Gasteiger partial charge on any atom is -0.429 e. The van der Waals surface area contributed by atoms with Gasteiger partial charge in [-0.15, -0.1) is 0 Å². The zero-order valence-corrected chi connectivity index (χ0v) is 24.7. The van der Waals surface area contributed by atoms with Crippen LogP contribution in [0.1, 0.15) is 42.9 Å². The van der Waals surface area contributed by atoms with Crippen molar-refractivity contribution >= 4 is 0 Å². The minimum atomic E-state index is -4.68. The first kappa shape index (κ1) is 33.5. The smallest absolute Gasteiger partial charge is 0.429 e. The molecule has 0 aliphatic rings. The molecule has 0 N–H and O–H groups in total. The van der Waals surface area contributed by atoms with Crippen molar-refractivity contribution in [3.63, 3.8) is 0 Å². The summed E-state index contributed by atoms with van der Waals surface area (Å²) in [5, 5.41) is 0. The first-order valence-electron chi connectivity index (χ1n) is 14.4. The van der Waals surface area contributed by atoms with Crippen LogP contribution < -0.4 is 4.74 Å². The van der Waals surface area contributed by atoms with Crippen LogP contribution in [0.25, 0.3) is 33.6 Å². The number of rotatable bonds is 11. The third-order valence-corrected chi connectivity index (χ3v) is 7.42. The molecule has 1 aromatic heterocycles. The lowest BCUT2D eigenvalue weighted by molar-refractivity contribution is -0.189. The lowest BCUT2D eigenvalue weighted by Crippen LogP contribution is -2.25. The quantitative estimate of drug-likeness (QED) is 0.104. The molecule has 0 saturated heterocycles. The highest BCUT2D eigenvalue weighted by Gasteiger charge is 2.41. The van der Waals surface area contributed by atoms with Gasteiger partial charge in [0.2, 0.25) is 0 Å². The van der Waals surface area contributed by atoms with Crippen molar-refractivity contribution in [2.75, 3.05) is 0 Å². The maximum absolute atomic E-state index is 15.1. The topological polar surface area (TPSA) is 35.0 Å². The molecule has 0 aliphatic heterocycles. The van der Waals surface area contributed by atoms with Gasteiger partial charge in [0, 0.05) is 35.2 Å². The second kappa shape index (κ2) is 13.9. The number of ether oxygens (including phenoxy) is 1. The van der Waals surface area contributed by atoms with Crippen molar-refractivity contribution in [1.29, 1.82) is 0 Å². The van der Waals surface area contributed by atoms with Crippen molar-refractivity contribution in [3.8, 4) is 39.4 Å². The van der Waals surface area contributed by atoms with Crippen molar-refractivity contribution in [2.45, 2.75) is 45.4 Å². The standard InChI is InChI=1S/C35H25F9N2O/c1-2-3-4-5-19-17-45-34(46-18-19)20-6-8-24(27(37)10-20)22-13-31(41)33(32(42)14-22)35(43,44)47-23-7-9-25(30(40)15-23)21-11-28(38)26(16-36)29(39)12-21/h6-15,17-18H,2-5,16H2,1H3. The van der Waals surface area contributed by atoms with Gasteiger partial charge in [-0.25, -0.2) is 40.7 Å². The van der Waals surface area contributed by atoms with Gasteiger partial charge in [-0.05, 0) is 72.0 Å². The molecule has 5 rings (SSSR count). The first-order valence-corrected chi connectivity index (χ1v) is 14.4. The average molecular weight is 661 g/mol. The molecule has 0 atom stereocenters. The molecule has 4 aromatic carbocycles. The summed E-state index contributed by atoms with van der Waals surface area (Å²) in [4.78, 5) is 8.50. The SMILES string of the molecule is CCCCCc1cnc(-c2ccc(-c3cc(F)c(C(F)(F)Oc4ccc(-c5cc(F)c(CF)c(F)c5)c(F)c4)c(F)c3)c(F)c2)nc1. The maximum atomic E-state index is 15.1. The molecule has 47 heavy (non-hydrogen) atoms. The summed E-state index contributed by atoms with van der Waals surface area (Å²) in [7, 11) is 0. The summed E-state index contributed by atoms with van der Waals surface area (Å²) < 4.78 is 135. The predicted octanol–water partition coefficient (Wildman–Crippen LogP) is 10.6. The van der Waals surface area contributed by atoms with Gasteiger partial charge in [0.25, 0.3) is 0 Å². The number of benzene rings is 4. The van der Waals surface area contributed by atoms with E-state index in [1.165, 1.54) is 12.1 Å². The Hall–Kier alpha value is -4.87. The Bertz CT molecular complexity index is 1870. The maximum Gasteiger partial charge on any atom is 0.432 e. The largest absolute Gasteiger partial charge is 0.432 e. The summed E-state index contributed by atoms with van der Waals surface area (Å²) in [6, 6.07) is 8.07. The normalized spacial score (nSPS) is 11.6. The zero-order chi connectivity index (χ0) is 33.9. The van der Waals surface area contributed by atoms with Gasteiger partial charge < -0.3 is 4.74 Å². The number of hydrogen-bond donors (Lipinski definition) is 0. The molecule has 12 heteroatoms. The van der Waals surface area contributed by atoms with Gasteiger partial charge >= 0.3 is 6.11 Å². The third-order valence-electron chi connectivity index (χ3n) is 7.42. The average Bonchev–Trinajstić information content (AvgIpc) is 3.00. The van der Waals surface area contributed by atoms with Crippen LogP contribution in [0, 0.1) is 34.9 Å². The van der Waals surface area contributed by atoms with E-state index in [-0.39, 0.29) is 28.1 Å². The van der Waals surface area contributed by atoms with E-state index in [1.807, 2.05) is 0 Å². The van der Waals surface area contributed by atoms with Crippen LogP contribution in [0.3, 0.4) is 0 Å². The Balaban J connectivity index is 1.36. The molecule has 244 valence electrons. The molecule has 0 aliphatic carbocycles. The summed E-state index contributed by atoms with van der Waals surface area (Å²) in [6.07, 6.45) is 2.48. The van der Waals surface area contributed by atoms with Crippen molar-refractivity contribution in [1.82, 2.24) is 9.97 Å². The molecule has 0 amide bonds. The molecular weight excluding hydrogens is 635 g/mol. The molecule has 0 fully saturated rings. The van der Waals surface area contributed by atoms with Crippen LogP contribution in [-0.4, -0.2) is 9.97 Å². The van der Waals surface area contributed by atoms with E-state index in [4.69, 9.17) is 0 Å². The first-order chi connectivity index (χ1) is 22.4. The van der Waals surface area contributed by atoms with Crippen LogP contribution in [0.4, 0.5) is 39.5 Å². The van der Waals surface area contributed by atoms with Crippen LogP contribution >= 0.6 is 0 Å². The van der Waals surface area contributed by atoms with Gasteiger partial charge in [0.05, 0.1) is 5.56 Å². The zero-order valence-electron chi connectivity index (χ0n) is 24.7. The second-order valence-corrected chi connectivity index (χ2v) is 10.7. The Morgan fingerprint density at radius 1 is 0.638 bits per heavy atom. The lowest BCUT2D eigenvalue weighted by Gasteiger charge is -2.20. The molecule has 0 spiro atoms. The highest BCUT2D eigenvalue weighted by Crippen LogP contribution is 2.39. The molecular formula is C35H25F9N2O. The van der Waals surface area contributed by atoms with Crippen molar-refractivity contribution < 1.29 is 44.3 Å². The number of alkyl halides is 3. The van der Waals surface area contributed by atoms with E-state index in [2.05, 4.69) is 21.6 Å².